The van der Waals surface area contributed by atoms with E-state index in [0.29, 0.717) is 11.5 Å². The second-order valence-corrected chi connectivity index (χ2v) is 7.81. The molecule has 144 valence electrons. The van der Waals surface area contributed by atoms with Gasteiger partial charge in [0.15, 0.2) is 0 Å². The first-order valence-corrected chi connectivity index (χ1v) is 10.4. The number of amides is 1. The molecule has 1 atom stereocenters. The predicted octanol–water partition coefficient (Wildman–Crippen LogP) is 4.89. The smallest absolute Gasteiger partial charge is 0.266 e. The van der Waals surface area contributed by atoms with Gasteiger partial charge in [0.25, 0.3) is 5.91 Å². The molecule has 0 bridgehead atoms. The van der Waals surface area contributed by atoms with Gasteiger partial charge in [0.05, 0.1) is 24.0 Å². The molecule has 0 saturated carbocycles. The van der Waals surface area contributed by atoms with Crippen molar-refractivity contribution in [3.05, 3.63) is 64.8 Å². The van der Waals surface area contributed by atoms with Gasteiger partial charge in [-0.3, -0.25) is 9.78 Å². The highest BCUT2D eigenvalue weighted by atomic mass is 32.1. The molecule has 2 aromatic heterocycles. The number of thiazole rings is 1. The van der Waals surface area contributed by atoms with Crippen LogP contribution in [0.1, 0.15) is 46.7 Å². The molecule has 6 heteroatoms. The molecule has 1 saturated heterocycles. The lowest BCUT2D eigenvalue weighted by Crippen LogP contribution is -2.30. The summed E-state index contributed by atoms with van der Waals surface area (Å²) in [4.78, 5) is 25.0. The van der Waals surface area contributed by atoms with E-state index in [0.717, 1.165) is 47.1 Å². The molecular formula is C22H23N3O2S. The number of aryl methyl sites for hydroxylation is 1. The minimum Gasteiger partial charge on any atom is -0.494 e. The molecule has 0 aliphatic carbocycles. The summed E-state index contributed by atoms with van der Waals surface area (Å²) in [5, 5.41) is 0.790. The molecule has 1 fully saturated rings. The average Bonchev–Trinajstić information content (AvgIpc) is 3.36. The van der Waals surface area contributed by atoms with Gasteiger partial charge in [-0.25, -0.2) is 4.98 Å². The third kappa shape index (κ3) is 3.64. The number of hydrogen-bond acceptors (Lipinski definition) is 5. The zero-order valence-corrected chi connectivity index (χ0v) is 16.9. The average molecular weight is 394 g/mol. The molecule has 1 amide bonds. The first-order chi connectivity index (χ1) is 13.7. The molecule has 1 aliphatic rings. The van der Waals surface area contributed by atoms with Crippen molar-refractivity contribution in [2.75, 3.05) is 13.2 Å². The Balaban J connectivity index is 1.58. The van der Waals surface area contributed by atoms with Crippen LogP contribution < -0.4 is 4.74 Å². The maximum Gasteiger partial charge on any atom is 0.266 e. The van der Waals surface area contributed by atoms with E-state index in [1.807, 2.05) is 49.1 Å². The second-order valence-electron chi connectivity index (χ2n) is 6.81. The zero-order valence-electron chi connectivity index (χ0n) is 16.1. The minimum atomic E-state index is 0.0635. The first kappa shape index (κ1) is 18.6. The number of aromatic nitrogens is 2. The molecule has 5 nitrogen and oxygen atoms in total. The number of ether oxygens (including phenoxy) is 1. The van der Waals surface area contributed by atoms with Crippen LogP contribution in [0.25, 0.3) is 10.7 Å². The SMILES string of the molecule is CCOc1ccc([C@@H]2CCCN2C(=O)c2sc(-c3ccccn3)nc2C)cc1. The van der Waals surface area contributed by atoms with Gasteiger partial charge in [-0.05, 0) is 56.5 Å². The number of hydrogen-bond donors (Lipinski definition) is 0. The van der Waals surface area contributed by atoms with Gasteiger partial charge in [-0.15, -0.1) is 11.3 Å². The molecule has 28 heavy (non-hydrogen) atoms. The fourth-order valence-corrected chi connectivity index (χ4v) is 4.63. The number of carbonyl (C=O) groups excluding carboxylic acids is 1. The third-order valence-corrected chi connectivity index (χ3v) is 6.13. The second kappa shape index (κ2) is 8.10. The van der Waals surface area contributed by atoms with E-state index in [1.54, 1.807) is 6.20 Å². The number of benzene rings is 1. The maximum absolute atomic E-state index is 13.3. The van der Waals surface area contributed by atoms with Crippen LogP contribution in [0.4, 0.5) is 0 Å². The minimum absolute atomic E-state index is 0.0635. The first-order valence-electron chi connectivity index (χ1n) is 9.60. The number of likely N-dealkylation sites (tertiary alicyclic amines) is 1. The molecule has 3 aromatic rings. The molecule has 1 aromatic carbocycles. The Morgan fingerprint density at radius 3 is 2.79 bits per heavy atom. The van der Waals surface area contributed by atoms with Gasteiger partial charge in [0.2, 0.25) is 0 Å². The molecule has 0 radical (unpaired) electrons. The van der Waals surface area contributed by atoms with Crippen molar-refractivity contribution in [2.45, 2.75) is 32.7 Å². The topological polar surface area (TPSA) is 55.3 Å². The van der Waals surface area contributed by atoms with Crippen LogP contribution in [0.2, 0.25) is 0 Å². The van der Waals surface area contributed by atoms with Crippen molar-refractivity contribution in [3.8, 4) is 16.5 Å². The molecule has 0 spiro atoms. The van der Waals surface area contributed by atoms with E-state index in [-0.39, 0.29) is 11.9 Å². The van der Waals surface area contributed by atoms with Gasteiger partial charge in [-0.1, -0.05) is 18.2 Å². The summed E-state index contributed by atoms with van der Waals surface area (Å²) in [7, 11) is 0. The summed E-state index contributed by atoms with van der Waals surface area (Å²) in [5.74, 6) is 0.925. The summed E-state index contributed by atoms with van der Waals surface area (Å²) in [6, 6.07) is 13.9. The Kier molecular flexibility index (Phi) is 5.39. The Bertz CT molecular complexity index is 954. The van der Waals surface area contributed by atoms with Crippen LogP contribution in [0.3, 0.4) is 0 Å². The summed E-state index contributed by atoms with van der Waals surface area (Å²) in [5.41, 5.74) is 2.73. The van der Waals surface area contributed by atoms with Crippen LogP contribution in [0.15, 0.2) is 48.7 Å². The maximum atomic E-state index is 13.3. The highest BCUT2D eigenvalue weighted by Crippen LogP contribution is 2.36. The van der Waals surface area contributed by atoms with Crippen LogP contribution in [0, 0.1) is 6.92 Å². The van der Waals surface area contributed by atoms with E-state index in [1.165, 1.54) is 11.3 Å². The predicted molar refractivity (Wildman–Crippen MR) is 111 cm³/mol. The number of carbonyl (C=O) groups is 1. The van der Waals surface area contributed by atoms with Gasteiger partial charge < -0.3 is 9.64 Å². The summed E-state index contributed by atoms with van der Waals surface area (Å²) < 4.78 is 5.53. The van der Waals surface area contributed by atoms with Crippen molar-refractivity contribution in [2.24, 2.45) is 0 Å². The van der Waals surface area contributed by atoms with Crippen molar-refractivity contribution >= 4 is 17.2 Å². The van der Waals surface area contributed by atoms with Crippen LogP contribution in [-0.4, -0.2) is 33.9 Å². The van der Waals surface area contributed by atoms with E-state index >= 15 is 0 Å². The number of nitrogens with zero attached hydrogens (tertiary/aromatic N) is 3. The van der Waals surface area contributed by atoms with E-state index in [4.69, 9.17) is 4.74 Å². The van der Waals surface area contributed by atoms with Crippen LogP contribution >= 0.6 is 11.3 Å². The summed E-state index contributed by atoms with van der Waals surface area (Å²) >= 11 is 1.43. The Morgan fingerprint density at radius 2 is 2.07 bits per heavy atom. The van der Waals surface area contributed by atoms with Crippen LogP contribution in [0.5, 0.6) is 5.75 Å². The molecule has 4 rings (SSSR count). The Morgan fingerprint density at radius 1 is 1.25 bits per heavy atom. The Labute approximate surface area is 169 Å². The highest BCUT2D eigenvalue weighted by molar-refractivity contribution is 7.17. The van der Waals surface area contributed by atoms with Crippen LogP contribution in [-0.2, 0) is 0 Å². The molecular weight excluding hydrogens is 370 g/mol. The lowest BCUT2D eigenvalue weighted by Gasteiger charge is -2.25. The van der Waals surface area contributed by atoms with E-state index in [9.17, 15) is 4.79 Å². The monoisotopic (exact) mass is 393 g/mol. The van der Waals surface area contributed by atoms with Gasteiger partial charge >= 0.3 is 0 Å². The lowest BCUT2D eigenvalue weighted by molar-refractivity contribution is 0.0739. The summed E-state index contributed by atoms with van der Waals surface area (Å²) in [6.07, 6.45) is 3.73. The number of rotatable bonds is 5. The van der Waals surface area contributed by atoms with Crippen molar-refractivity contribution in [1.82, 2.24) is 14.9 Å². The Hall–Kier alpha value is -2.73. The number of pyridine rings is 1. The standard InChI is InChI=1S/C22H23N3O2S/c1-3-27-17-11-9-16(10-12-17)19-8-6-14-25(19)22(26)20-15(2)24-21(28-20)18-7-4-5-13-23-18/h4-5,7,9-13,19H,3,6,8,14H2,1-2H3/t19-/m0/s1. The van der Waals surface area contributed by atoms with E-state index < -0.39 is 0 Å². The zero-order chi connectivity index (χ0) is 19.5. The van der Waals surface area contributed by atoms with Gasteiger partial charge in [0.1, 0.15) is 15.6 Å². The molecule has 0 N–H and O–H groups in total. The normalized spacial score (nSPS) is 16.4. The lowest BCUT2D eigenvalue weighted by atomic mass is 10.0. The molecule has 0 unspecified atom stereocenters. The van der Waals surface area contributed by atoms with Gasteiger partial charge in [0, 0.05) is 12.7 Å². The fraction of sp³-hybridized carbons (Fsp3) is 0.318. The van der Waals surface area contributed by atoms with Crippen molar-refractivity contribution in [1.29, 1.82) is 0 Å². The summed E-state index contributed by atoms with van der Waals surface area (Å²) in [6.45, 7) is 5.30. The van der Waals surface area contributed by atoms with Crippen molar-refractivity contribution < 1.29 is 9.53 Å². The quantitative estimate of drug-likeness (QED) is 0.619. The molecule has 3 heterocycles. The largest absolute Gasteiger partial charge is 0.494 e. The highest BCUT2D eigenvalue weighted by Gasteiger charge is 2.32. The van der Waals surface area contributed by atoms with E-state index in [2.05, 4.69) is 22.1 Å². The van der Waals surface area contributed by atoms with Gasteiger partial charge in [-0.2, -0.15) is 0 Å². The van der Waals surface area contributed by atoms with Crippen molar-refractivity contribution in [3.63, 3.8) is 0 Å². The molecule has 1 aliphatic heterocycles. The fourth-order valence-electron chi connectivity index (χ4n) is 3.63. The third-order valence-electron chi connectivity index (χ3n) is 4.96.